The molecule has 24 heavy (non-hydrogen) atoms. The number of benzene rings is 1. The van der Waals surface area contributed by atoms with E-state index in [9.17, 15) is 9.59 Å². The van der Waals surface area contributed by atoms with Crippen molar-refractivity contribution in [3.63, 3.8) is 0 Å². The summed E-state index contributed by atoms with van der Waals surface area (Å²) in [7, 11) is 0. The van der Waals surface area contributed by atoms with Crippen molar-refractivity contribution in [3.05, 3.63) is 29.8 Å². The summed E-state index contributed by atoms with van der Waals surface area (Å²) in [4.78, 5) is 25.8. The maximum absolute atomic E-state index is 12.5. The Bertz CT molecular complexity index is 539. The van der Waals surface area contributed by atoms with E-state index in [4.69, 9.17) is 15.3 Å². The summed E-state index contributed by atoms with van der Waals surface area (Å²) in [6, 6.07) is 7.09. The number of nitrogens with one attached hydrogen (secondary N) is 1. The van der Waals surface area contributed by atoms with Crippen LogP contribution in [-0.4, -0.2) is 49.6 Å². The highest BCUT2D eigenvalue weighted by atomic mass is 16.5. The molecule has 1 heterocycles. The van der Waals surface area contributed by atoms with Gasteiger partial charge in [-0.15, -0.1) is 0 Å². The van der Waals surface area contributed by atoms with E-state index in [1.807, 2.05) is 6.92 Å². The minimum atomic E-state index is -0.157. The number of amides is 2. The topological polar surface area (TPSA) is 93.9 Å². The van der Waals surface area contributed by atoms with E-state index < -0.39 is 0 Å². The van der Waals surface area contributed by atoms with Gasteiger partial charge in [-0.3, -0.25) is 15.0 Å². The van der Waals surface area contributed by atoms with Crippen molar-refractivity contribution in [3.8, 4) is 5.75 Å². The monoisotopic (exact) mass is 335 g/mol. The molecule has 0 spiro atoms. The number of hydrazine groups is 1. The van der Waals surface area contributed by atoms with Crippen molar-refractivity contribution in [2.24, 2.45) is 11.8 Å². The summed E-state index contributed by atoms with van der Waals surface area (Å²) >= 11 is 0. The van der Waals surface area contributed by atoms with Gasteiger partial charge < -0.3 is 14.4 Å². The number of rotatable bonds is 7. The third-order valence-electron chi connectivity index (χ3n) is 4.10. The van der Waals surface area contributed by atoms with Crippen LogP contribution in [0.1, 0.15) is 30.1 Å². The van der Waals surface area contributed by atoms with Crippen molar-refractivity contribution in [1.82, 2.24) is 10.3 Å². The molecule has 0 atom stereocenters. The number of likely N-dealkylation sites (tertiary alicyclic amines) is 1. The van der Waals surface area contributed by atoms with Crippen molar-refractivity contribution in [2.75, 3.05) is 32.9 Å². The Labute approximate surface area is 142 Å². The molecule has 0 unspecified atom stereocenters. The normalized spacial score (nSPS) is 15.2. The van der Waals surface area contributed by atoms with Gasteiger partial charge >= 0.3 is 0 Å². The molecular formula is C17H25N3O4. The number of carbonyl (C=O) groups excluding carboxylic acids is 2. The predicted molar refractivity (Wildman–Crippen MR) is 89.4 cm³/mol. The van der Waals surface area contributed by atoms with Crippen LogP contribution in [0, 0.1) is 5.92 Å². The number of nitrogens with zero attached hydrogens (tertiary/aromatic N) is 1. The van der Waals surface area contributed by atoms with Crippen molar-refractivity contribution in [1.29, 1.82) is 0 Å². The Kier molecular flexibility index (Phi) is 7.02. The predicted octanol–water partition coefficient (Wildman–Crippen LogP) is 0.944. The Hall–Kier alpha value is -2.12. The second-order valence-corrected chi connectivity index (χ2v) is 5.64. The summed E-state index contributed by atoms with van der Waals surface area (Å²) in [6.07, 6.45) is 1.26. The van der Waals surface area contributed by atoms with Gasteiger partial charge in [-0.1, -0.05) is 0 Å². The second-order valence-electron chi connectivity index (χ2n) is 5.64. The van der Waals surface area contributed by atoms with Crippen LogP contribution in [0.5, 0.6) is 5.75 Å². The molecule has 1 aromatic carbocycles. The molecule has 132 valence electrons. The Morgan fingerprint density at radius 3 is 2.46 bits per heavy atom. The number of hydrogen-bond acceptors (Lipinski definition) is 5. The van der Waals surface area contributed by atoms with Crippen LogP contribution in [0.2, 0.25) is 0 Å². The van der Waals surface area contributed by atoms with Crippen LogP contribution in [0.15, 0.2) is 24.3 Å². The highest BCUT2D eigenvalue weighted by molar-refractivity contribution is 5.94. The summed E-state index contributed by atoms with van der Waals surface area (Å²) in [5.41, 5.74) is 2.80. The first-order valence-corrected chi connectivity index (χ1v) is 8.26. The molecule has 1 aromatic rings. The largest absolute Gasteiger partial charge is 0.491 e. The van der Waals surface area contributed by atoms with E-state index >= 15 is 0 Å². The standard InChI is InChI=1S/C17H25N3O4/c1-2-23-11-12-24-15-5-3-14(4-6-15)17(22)20-9-7-13(8-10-20)16(21)19-18/h3-6,13H,2,7-12,18H2,1H3,(H,19,21). The number of hydrogen-bond donors (Lipinski definition) is 2. The van der Waals surface area contributed by atoms with Crippen LogP contribution < -0.4 is 16.0 Å². The summed E-state index contributed by atoms with van der Waals surface area (Å²) < 4.78 is 10.7. The van der Waals surface area contributed by atoms with Gasteiger partial charge in [0, 0.05) is 31.2 Å². The molecule has 1 fully saturated rings. The number of carbonyl (C=O) groups is 2. The molecule has 0 bridgehead atoms. The van der Waals surface area contributed by atoms with E-state index in [0.29, 0.717) is 57.1 Å². The zero-order valence-corrected chi connectivity index (χ0v) is 14.0. The van der Waals surface area contributed by atoms with Crippen LogP contribution in [0.25, 0.3) is 0 Å². The van der Waals surface area contributed by atoms with Crippen molar-refractivity contribution < 1.29 is 19.1 Å². The second kappa shape index (κ2) is 9.24. The van der Waals surface area contributed by atoms with Gasteiger partial charge in [0.15, 0.2) is 0 Å². The lowest BCUT2D eigenvalue weighted by atomic mass is 9.95. The third-order valence-corrected chi connectivity index (χ3v) is 4.10. The van der Waals surface area contributed by atoms with Gasteiger partial charge in [0.05, 0.1) is 6.61 Å². The third kappa shape index (κ3) is 4.94. The molecule has 1 aliphatic heterocycles. The highest BCUT2D eigenvalue weighted by Crippen LogP contribution is 2.20. The Balaban J connectivity index is 1.83. The number of piperidine rings is 1. The average Bonchev–Trinajstić information content (AvgIpc) is 2.64. The van der Waals surface area contributed by atoms with Gasteiger partial charge in [0.1, 0.15) is 12.4 Å². The van der Waals surface area contributed by atoms with E-state index in [1.54, 1.807) is 29.2 Å². The molecule has 1 saturated heterocycles. The van der Waals surface area contributed by atoms with Gasteiger partial charge in [0.25, 0.3) is 5.91 Å². The van der Waals surface area contributed by atoms with Gasteiger partial charge in [0.2, 0.25) is 5.91 Å². The zero-order valence-electron chi connectivity index (χ0n) is 14.0. The first kappa shape index (κ1) is 18.2. The number of nitrogens with two attached hydrogens (primary N) is 1. The maximum Gasteiger partial charge on any atom is 0.253 e. The molecule has 7 nitrogen and oxygen atoms in total. The van der Waals surface area contributed by atoms with E-state index in [1.165, 1.54) is 0 Å². The fraction of sp³-hybridized carbons (Fsp3) is 0.529. The minimum Gasteiger partial charge on any atom is -0.491 e. The molecule has 2 amide bonds. The fourth-order valence-corrected chi connectivity index (χ4v) is 2.70. The molecule has 2 rings (SSSR count). The van der Waals surface area contributed by atoms with E-state index in [0.717, 1.165) is 0 Å². The Morgan fingerprint density at radius 2 is 1.88 bits per heavy atom. The fourth-order valence-electron chi connectivity index (χ4n) is 2.70. The van der Waals surface area contributed by atoms with E-state index in [2.05, 4.69) is 5.43 Å². The molecule has 1 aliphatic rings. The highest BCUT2D eigenvalue weighted by Gasteiger charge is 2.27. The molecule has 3 N–H and O–H groups in total. The van der Waals surface area contributed by atoms with Crippen LogP contribution in [0.4, 0.5) is 0 Å². The molecule has 0 saturated carbocycles. The summed E-state index contributed by atoms with van der Waals surface area (Å²) in [5.74, 6) is 5.57. The lowest BCUT2D eigenvalue weighted by molar-refractivity contribution is -0.126. The lowest BCUT2D eigenvalue weighted by Crippen LogP contribution is -2.44. The summed E-state index contributed by atoms with van der Waals surface area (Å²) in [6.45, 7) is 4.75. The smallest absolute Gasteiger partial charge is 0.253 e. The van der Waals surface area contributed by atoms with Crippen molar-refractivity contribution >= 4 is 11.8 Å². The minimum absolute atomic E-state index is 0.0255. The van der Waals surface area contributed by atoms with Gasteiger partial charge in [-0.25, -0.2) is 5.84 Å². The number of ether oxygens (including phenoxy) is 2. The first-order chi connectivity index (χ1) is 11.7. The molecular weight excluding hydrogens is 310 g/mol. The van der Waals surface area contributed by atoms with Gasteiger partial charge in [-0.2, -0.15) is 0 Å². The quantitative estimate of drug-likeness (QED) is 0.335. The van der Waals surface area contributed by atoms with Crippen LogP contribution in [0.3, 0.4) is 0 Å². The van der Waals surface area contributed by atoms with Gasteiger partial charge in [-0.05, 0) is 44.0 Å². The maximum atomic E-state index is 12.5. The van der Waals surface area contributed by atoms with Crippen molar-refractivity contribution in [2.45, 2.75) is 19.8 Å². The van der Waals surface area contributed by atoms with Crippen LogP contribution >= 0.6 is 0 Å². The molecule has 0 aromatic heterocycles. The zero-order chi connectivity index (χ0) is 17.4. The molecule has 0 radical (unpaired) electrons. The lowest BCUT2D eigenvalue weighted by Gasteiger charge is -2.31. The summed E-state index contributed by atoms with van der Waals surface area (Å²) in [5, 5.41) is 0. The molecule has 0 aliphatic carbocycles. The van der Waals surface area contributed by atoms with Crippen LogP contribution in [-0.2, 0) is 9.53 Å². The SMILES string of the molecule is CCOCCOc1ccc(C(=O)N2CCC(C(=O)NN)CC2)cc1. The average molecular weight is 335 g/mol. The Morgan fingerprint density at radius 1 is 1.21 bits per heavy atom. The first-order valence-electron chi connectivity index (χ1n) is 8.26. The molecule has 7 heteroatoms. The van der Waals surface area contributed by atoms with E-state index in [-0.39, 0.29) is 17.7 Å².